The molecule has 0 bridgehead atoms. The zero-order valence-corrected chi connectivity index (χ0v) is 11.9. The number of nitriles is 2. The lowest BCUT2D eigenvalue weighted by Gasteiger charge is -2.04. The highest BCUT2D eigenvalue weighted by atomic mass is 32.1. The molecule has 0 spiro atoms. The predicted octanol–water partition coefficient (Wildman–Crippen LogP) is 3.19. The van der Waals surface area contributed by atoms with Gasteiger partial charge in [-0.2, -0.15) is 10.5 Å². The Hall–Kier alpha value is -2.83. The van der Waals surface area contributed by atoms with E-state index in [2.05, 4.69) is 0 Å². The summed E-state index contributed by atoms with van der Waals surface area (Å²) in [5.41, 5.74) is 0.294. The normalized spacial score (nSPS) is 10.7. The maximum atomic E-state index is 12.0. The highest BCUT2D eigenvalue weighted by Gasteiger charge is 2.16. The highest BCUT2D eigenvalue weighted by Crippen LogP contribution is 2.27. The van der Waals surface area contributed by atoms with Crippen LogP contribution in [0.5, 0.6) is 0 Å². The molecule has 0 radical (unpaired) electrons. The van der Waals surface area contributed by atoms with Gasteiger partial charge >= 0.3 is 5.97 Å². The van der Waals surface area contributed by atoms with Crippen LogP contribution in [0.25, 0.3) is 11.6 Å². The van der Waals surface area contributed by atoms with Crippen molar-refractivity contribution >= 4 is 29.0 Å². The number of nitrogens with zero attached hydrogens (tertiary/aromatic N) is 2. The van der Waals surface area contributed by atoms with Gasteiger partial charge in [-0.1, -0.05) is 0 Å². The van der Waals surface area contributed by atoms with Crippen molar-refractivity contribution in [2.75, 3.05) is 6.61 Å². The lowest BCUT2D eigenvalue weighted by molar-refractivity contribution is -0.136. The van der Waals surface area contributed by atoms with Crippen molar-refractivity contribution in [3.63, 3.8) is 0 Å². The number of hydrogen-bond donors (Lipinski definition) is 0. The second kappa shape index (κ2) is 6.56. The van der Waals surface area contributed by atoms with Gasteiger partial charge in [-0.25, -0.2) is 4.79 Å². The average molecular weight is 298 g/mol. The maximum absolute atomic E-state index is 12.0. The molecule has 0 amide bonds. The summed E-state index contributed by atoms with van der Waals surface area (Å²) in [6, 6.07) is 10.3. The van der Waals surface area contributed by atoms with E-state index in [-0.39, 0.29) is 12.4 Å². The van der Waals surface area contributed by atoms with E-state index in [9.17, 15) is 4.79 Å². The van der Waals surface area contributed by atoms with Gasteiger partial charge in [0.25, 0.3) is 0 Å². The summed E-state index contributed by atoms with van der Waals surface area (Å²) in [7, 11) is 0. The van der Waals surface area contributed by atoms with Crippen molar-refractivity contribution < 1.29 is 13.9 Å². The fourth-order valence-electron chi connectivity index (χ4n) is 1.61. The van der Waals surface area contributed by atoms with Crippen LogP contribution in [0.15, 0.2) is 28.7 Å². The summed E-state index contributed by atoms with van der Waals surface area (Å²) >= 11 is 1.19. The number of carbonyl (C=O) groups excluding carboxylic acids is 1. The molecule has 0 unspecified atom stereocenters. The van der Waals surface area contributed by atoms with Crippen LogP contribution in [-0.2, 0) is 9.53 Å². The zero-order valence-electron chi connectivity index (χ0n) is 11.1. The highest BCUT2D eigenvalue weighted by molar-refractivity contribution is 7.14. The third-order valence-corrected chi connectivity index (χ3v) is 3.52. The van der Waals surface area contributed by atoms with Gasteiger partial charge in [0.2, 0.25) is 5.76 Å². The molecular weight excluding hydrogens is 288 g/mol. The van der Waals surface area contributed by atoms with Gasteiger partial charge in [0.05, 0.1) is 12.2 Å². The van der Waals surface area contributed by atoms with Gasteiger partial charge in [0, 0.05) is 4.88 Å². The molecule has 2 aromatic rings. The minimum atomic E-state index is -0.501. The van der Waals surface area contributed by atoms with Crippen LogP contribution in [0.3, 0.4) is 0 Å². The molecule has 0 saturated heterocycles. The first kappa shape index (κ1) is 14.6. The van der Waals surface area contributed by atoms with E-state index in [0.717, 1.165) is 0 Å². The van der Waals surface area contributed by atoms with Crippen LogP contribution in [0.1, 0.15) is 28.2 Å². The zero-order chi connectivity index (χ0) is 15.2. The molecule has 0 aromatic carbocycles. The van der Waals surface area contributed by atoms with Crippen LogP contribution in [0.4, 0.5) is 0 Å². The van der Waals surface area contributed by atoms with Crippen molar-refractivity contribution in [3.05, 3.63) is 45.5 Å². The largest absolute Gasteiger partial charge is 0.462 e. The molecular formula is C15H10N2O3S. The molecule has 104 valence electrons. The van der Waals surface area contributed by atoms with Crippen molar-refractivity contribution in [2.45, 2.75) is 6.92 Å². The van der Waals surface area contributed by atoms with Gasteiger partial charge in [-0.15, -0.1) is 11.3 Å². The molecule has 21 heavy (non-hydrogen) atoms. The van der Waals surface area contributed by atoms with Crippen LogP contribution >= 0.6 is 11.3 Å². The Balaban J connectivity index is 2.43. The fourth-order valence-corrected chi connectivity index (χ4v) is 2.42. The Bertz CT molecular complexity index is 771. The van der Waals surface area contributed by atoms with Crippen LogP contribution in [-0.4, -0.2) is 12.6 Å². The standard InChI is InChI=1S/C15H10N2O3S/c1-2-19-15(18)13(14-6-5-12(9-17)21-14)7-10-3-4-11(8-16)20-10/h3-7H,2H2,1H3/b13-7+. The number of rotatable bonds is 4. The molecule has 0 aliphatic rings. The lowest BCUT2D eigenvalue weighted by Crippen LogP contribution is -2.05. The fraction of sp³-hybridized carbons (Fsp3) is 0.133. The Labute approximate surface area is 125 Å². The smallest absolute Gasteiger partial charge is 0.339 e. The summed E-state index contributed by atoms with van der Waals surface area (Å²) < 4.78 is 10.3. The van der Waals surface area contributed by atoms with E-state index in [0.29, 0.717) is 21.1 Å². The summed E-state index contributed by atoms with van der Waals surface area (Å²) in [5, 5.41) is 17.6. The minimum Gasteiger partial charge on any atom is -0.462 e. The average Bonchev–Trinajstić information content (AvgIpc) is 3.13. The molecule has 6 heteroatoms. The monoisotopic (exact) mass is 298 g/mol. The van der Waals surface area contributed by atoms with Gasteiger partial charge in [0.1, 0.15) is 22.8 Å². The number of carbonyl (C=O) groups is 1. The summed E-state index contributed by atoms with van der Waals surface area (Å²) in [6.07, 6.45) is 1.51. The number of thiophene rings is 1. The topological polar surface area (TPSA) is 87.0 Å². The van der Waals surface area contributed by atoms with Crippen molar-refractivity contribution in [2.24, 2.45) is 0 Å². The Kier molecular flexibility index (Phi) is 4.55. The molecule has 0 aliphatic heterocycles. The van der Waals surface area contributed by atoms with Crippen molar-refractivity contribution in [1.82, 2.24) is 0 Å². The molecule has 2 aromatic heterocycles. The third kappa shape index (κ3) is 3.38. The summed E-state index contributed by atoms with van der Waals surface area (Å²) in [6.45, 7) is 1.96. The van der Waals surface area contributed by atoms with Crippen molar-refractivity contribution in [1.29, 1.82) is 10.5 Å². The second-order valence-electron chi connectivity index (χ2n) is 3.87. The third-order valence-electron chi connectivity index (χ3n) is 2.50. The molecule has 2 heterocycles. The molecule has 0 N–H and O–H groups in total. The van der Waals surface area contributed by atoms with E-state index >= 15 is 0 Å². The summed E-state index contributed by atoms with van der Waals surface area (Å²) in [4.78, 5) is 13.2. The van der Waals surface area contributed by atoms with E-state index < -0.39 is 5.97 Å². The van der Waals surface area contributed by atoms with Gasteiger partial charge in [-0.3, -0.25) is 0 Å². The van der Waals surface area contributed by atoms with Gasteiger partial charge in [-0.05, 0) is 37.3 Å². The first-order valence-corrected chi connectivity index (χ1v) is 6.88. The van der Waals surface area contributed by atoms with E-state index in [4.69, 9.17) is 19.7 Å². The maximum Gasteiger partial charge on any atom is 0.339 e. The molecule has 0 saturated carbocycles. The van der Waals surface area contributed by atoms with Crippen LogP contribution < -0.4 is 0 Å². The van der Waals surface area contributed by atoms with Gasteiger partial charge in [0.15, 0.2) is 0 Å². The Morgan fingerprint density at radius 2 is 2.14 bits per heavy atom. The first-order valence-electron chi connectivity index (χ1n) is 6.07. The van der Waals surface area contributed by atoms with Crippen LogP contribution in [0.2, 0.25) is 0 Å². The van der Waals surface area contributed by atoms with E-state index in [1.165, 1.54) is 23.5 Å². The predicted molar refractivity (Wildman–Crippen MR) is 77.0 cm³/mol. The summed E-state index contributed by atoms with van der Waals surface area (Å²) in [5.74, 6) is 0.0358. The number of furan rings is 1. The second-order valence-corrected chi connectivity index (χ2v) is 4.95. The minimum absolute atomic E-state index is 0.161. The Morgan fingerprint density at radius 1 is 1.33 bits per heavy atom. The molecule has 0 aliphatic carbocycles. The first-order chi connectivity index (χ1) is 10.2. The number of hydrogen-bond acceptors (Lipinski definition) is 6. The molecule has 2 rings (SSSR count). The lowest BCUT2D eigenvalue weighted by atomic mass is 10.2. The van der Waals surface area contributed by atoms with Crippen molar-refractivity contribution in [3.8, 4) is 12.1 Å². The van der Waals surface area contributed by atoms with Crippen LogP contribution in [0, 0.1) is 22.7 Å². The molecule has 5 nitrogen and oxygen atoms in total. The van der Waals surface area contributed by atoms with E-state index in [1.54, 1.807) is 25.1 Å². The number of ether oxygens (including phenoxy) is 1. The molecule has 0 atom stereocenters. The number of esters is 1. The quantitative estimate of drug-likeness (QED) is 0.639. The SMILES string of the molecule is CCOC(=O)/C(=C/c1ccc(C#N)o1)c1ccc(C#N)s1. The van der Waals surface area contributed by atoms with E-state index in [1.807, 2.05) is 12.1 Å². The van der Waals surface area contributed by atoms with Gasteiger partial charge < -0.3 is 9.15 Å². The molecule has 0 fully saturated rings. The Morgan fingerprint density at radius 3 is 2.71 bits per heavy atom.